The van der Waals surface area contributed by atoms with Crippen LogP contribution in [0.4, 0.5) is 0 Å². The molecule has 1 unspecified atom stereocenters. The van der Waals surface area contributed by atoms with Crippen molar-refractivity contribution in [1.82, 2.24) is 10.6 Å². The van der Waals surface area contributed by atoms with Gasteiger partial charge in [-0.05, 0) is 51.3 Å². The van der Waals surface area contributed by atoms with Crippen molar-refractivity contribution in [2.45, 2.75) is 45.7 Å². The number of hydrogen-bond acceptors (Lipinski definition) is 4. The predicted octanol–water partition coefficient (Wildman–Crippen LogP) is 3.83. The van der Waals surface area contributed by atoms with E-state index in [1.807, 2.05) is 51.1 Å². The quantitative estimate of drug-likeness (QED) is 0.762. The Morgan fingerprint density at radius 2 is 1.85 bits per heavy atom. The van der Waals surface area contributed by atoms with Gasteiger partial charge in [-0.3, -0.25) is 9.59 Å². The summed E-state index contributed by atoms with van der Waals surface area (Å²) in [5.41, 5.74) is 2.12. The molecule has 1 heterocycles. The van der Waals surface area contributed by atoms with Crippen LogP contribution in [0.15, 0.2) is 64.4 Å². The third-order valence-corrected chi connectivity index (χ3v) is 4.51. The third kappa shape index (κ3) is 4.67. The van der Waals surface area contributed by atoms with Gasteiger partial charge in [0.2, 0.25) is 11.7 Å². The fourth-order valence-corrected chi connectivity index (χ4v) is 3.32. The highest BCUT2D eigenvalue weighted by Crippen LogP contribution is 2.34. The maximum Gasteiger partial charge on any atom is 0.228 e. The second-order valence-corrected chi connectivity index (χ2v) is 7.87. The standard InChI is InChI=1S/C22H26N2O3/c1-22(2,3)24-21(26)16-11-12-17(23-14-15-8-5-4-6-9-15)19(16)20(25)18-10-7-13-27-18/h4-10,13,16,23H,11-12,14H2,1-3H3,(H,24,26). The fourth-order valence-electron chi connectivity index (χ4n) is 3.32. The number of nitrogens with one attached hydrogen (secondary N) is 2. The van der Waals surface area contributed by atoms with E-state index in [0.717, 1.165) is 11.3 Å². The molecule has 1 aromatic carbocycles. The van der Waals surface area contributed by atoms with E-state index in [4.69, 9.17) is 4.42 Å². The van der Waals surface area contributed by atoms with E-state index >= 15 is 0 Å². The molecule has 0 radical (unpaired) electrons. The van der Waals surface area contributed by atoms with Crippen LogP contribution in [0.25, 0.3) is 0 Å². The van der Waals surface area contributed by atoms with Gasteiger partial charge in [0.1, 0.15) is 0 Å². The van der Waals surface area contributed by atoms with Crippen LogP contribution in [0.3, 0.4) is 0 Å². The van der Waals surface area contributed by atoms with Crippen LogP contribution in [0.1, 0.15) is 49.7 Å². The Bertz CT molecular complexity index is 830. The number of Topliss-reactive ketones (excluding diaryl/α,β-unsaturated/α-hetero) is 1. The van der Waals surface area contributed by atoms with Crippen molar-refractivity contribution in [2.75, 3.05) is 0 Å². The summed E-state index contributed by atoms with van der Waals surface area (Å²) < 4.78 is 5.30. The Kier molecular flexibility index (Phi) is 5.49. The van der Waals surface area contributed by atoms with Gasteiger partial charge in [0.05, 0.1) is 12.2 Å². The van der Waals surface area contributed by atoms with Gasteiger partial charge in [-0.1, -0.05) is 30.3 Å². The molecule has 27 heavy (non-hydrogen) atoms. The first kappa shape index (κ1) is 19.0. The van der Waals surface area contributed by atoms with Crippen LogP contribution < -0.4 is 10.6 Å². The van der Waals surface area contributed by atoms with E-state index in [1.165, 1.54) is 6.26 Å². The lowest BCUT2D eigenvalue weighted by Crippen LogP contribution is -2.44. The number of furan rings is 1. The molecule has 5 nitrogen and oxygen atoms in total. The van der Waals surface area contributed by atoms with E-state index < -0.39 is 5.92 Å². The van der Waals surface area contributed by atoms with Gasteiger partial charge in [-0.2, -0.15) is 0 Å². The number of hydrogen-bond donors (Lipinski definition) is 2. The van der Waals surface area contributed by atoms with Gasteiger partial charge in [-0.15, -0.1) is 0 Å². The SMILES string of the molecule is CC(C)(C)NC(=O)C1CCC(NCc2ccccc2)=C1C(=O)c1ccco1. The molecule has 0 spiro atoms. The Hall–Kier alpha value is -2.82. The molecule has 0 fully saturated rings. The molecule has 1 amide bonds. The van der Waals surface area contributed by atoms with E-state index in [-0.39, 0.29) is 23.0 Å². The van der Waals surface area contributed by atoms with Crippen molar-refractivity contribution in [2.24, 2.45) is 5.92 Å². The fraction of sp³-hybridized carbons (Fsp3) is 0.364. The number of allylic oxidation sites excluding steroid dienone is 1. The summed E-state index contributed by atoms with van der Waals surface area (Å²) in [7, 11) is 0. The summed E-state index contributed by atoms with van der Waals surface area (Å²) in [4.78, 5) is 25.8. The maximum absolute atomic E-state index is 13.0. The summed E-state index contributed by atoms with van der Waals surface area (Å²) in [6.07, 6.45) is 2.75. The Morgan fingerprint density at radius 3 is 2.48 bits per heavy atom. The average molecular weight is 366 g/mol. The molecule has 0 saturated carbocycles. The lowest BCUT2D eigenvalue weighted by Gasteiger charge is -2.24. The predicted molar refractivity (Wildman–Crippen MR) is 104 cm³/mol. The number of ketones is 1. The number of benzene rings is 1. The molecule has 1 aromatic heterocycles. The average Bonchev–Trinajstić information content (AvgIpc) is 3.28. The molecule has 1 aliphatic rings. The summed E-state index contributed by atoms with van der Waals surface area (Å²) in [5, 5.41) is 6.38. The van der Waals surface area contributed by atoms with Gasteiger partial charge < -0.3 is 15.1 Å². The molecule has 1 atom stereocenters. The summed E-state index contributed by atoms with van der Waals surface area (Å²) in [5.74, 6) is -0.546. The summed E-state index contributed by atoms with van der Waals surface area (Å²) >= 11 is 0. The summed E-state index contributed by atoms with van der Waals surface area (Å²) in [6, 6.07) is 13.3. The van der Waals surface area contributed by atoms with Crippen LogP contribution in [-0.2, 0) is 11.3 Å². The minimum Gasteiger partial charge on any atom is -0.461 e. The number of carbonyl (C=O) groups is 2. The zero-order valence-corrected chi connectivity index (χ0v) is 16.0. The number of carbonyl (C=O) groups excluding carboxylic acids is 2. The van der Waals surface area contributed by atoms with Crippen LogP contribution in [0.2, 0.25) is 0 Å². The highest BCUT2D eigenvalue weighted by molar-refractivity contribution is 6.11. The number of amides is 1. The second-order valence-electron chi connectivity index (χ2n) is 7.87. The molecule has 5 heteroatoms. The first-order valence-electron chi connectivity index (χ1n) is 9.26. The van der Waals surface area contributed by atoms with Crippen molar-refractivity contribution < 1.29 is 14.0 Å². The third-order valence-electron chi connectivity index (χ3n) is 4.51. The van der Waals surface area contributed by atoms with Crippen molar-refractivity contribution in [3.05, 3.63) is 71.3 Å². The highest BCUT2D eigenvalue weighted by atomic mass is 16.3. The van der Waals surface area contributed by atoms with Gasteiger partial charge in [0, 0.05) is 23.4 Å². The first-order chi connectivity index (χ1) is 12.8. The van der Waals surface area contributed by atoms with Gasteiger partial charge in [-0.25, -0.2) is 0 Å². The van der Waals surface area contributed by atoms with E-state index in [9.17, 15) is 9.59 Å². The Labute approximate surface area is 159 Å². The molecule has 1 aliphatic carbocycles. The van der Waals surface area contributed by atoms with E-state index in [0.29, 0.717) is 25.0 Å². The van der Waals surface area contributed by atoms with Crippen LogP contribution in [-0.4, -0.2) is 17.2 Å². The van der Waals surface area contributed by atoms with Gasteiger partial charge >= 0.3 is 0 Å². The van der Waals surface area contributed by atoms with Crippen LogP contribution in [0.5, 0.6) is 0 Å². The van der Waals surface area contributed by atoms with E-state index in [1.54, 1.807) is 12.1 Å². The lowest BCUT2D eigenvalue weighted by atomic mass is 9.94. The molecule has 0 aliphatic heterocycles. The largest absolute Gasteiger partial charge is 0.461 e. The van der Waals surface area contributed by atoms with Crippen molar-refractivity contribution >= 4 is 11.7 Å². The van der Waals surface area contributed by atoms with Crippen molar-refractivity contribution in [3.8, 4) is 0 Å². The molecule has 3 rings (SSSR count). The zero-order chi connectivity index (χ0) is 19.4. The van der Waals surface area contributed by atoms with Gasteiger partial charge in [0.25, 0.3) is 0 Å². The van der Waals surface area contributed by atoms with Crippen molar-refractivity contribution in [3.63, 3.8) is 0 Å². The maximum atomic E-state index is 13.0. The van der Waals surface area contributed by atoms with Gasteiger partial charge in [0.15, 0.2) is 5.76 Å². The molecule has 2 aromatic rings. The van der Waals surface area contributed by atoms with Crippen molar-refractivity contribution in [1.29, 1.82) is 0 Å². The summed E-state index contributed by atoms with van der Waals surface area (Å²) in [6.45, 7) is 6.42. The first-order valence-corrected chi connectivity index (χ1v) is 9.26. The molecular formula is C22H26N2O3. The second kappa shape index (κ2) is 7.82. The minimum atomic E-state index is -0.472. The lowest BCUT2D eigenvalue weighted by molar-refractivity contribution is -0.125. The molecule has 0 saturated heterocycles. The topological polar surface area (TPSA) is 71.3 Å². The smallest absolute Gasteiger partial charge is 0.228 e. The minimum absolute atomic E-state index is 0.117. The zero-order valence-electron chi connectivity index (χ0n) is 16.0. The monoisotopic (exact) mass is 366 g/mol. The normalized spacial score (nSPS) is 17.1. The van der Waals surface area contributed by atoms with E-state index in [2.05, 4.69) is 10.6 Å². The Morgan fingerprint density at radius 1 is 1.11 bits per heavy atom. The highest BCUT2D eigenvalue weighted by Gasteiger charge is 2.37. The Balaban J connectivity index is 1.87. The van der Waals surface area contributed by atoms with Crippen LogP contribution in [0, 0.1) is 5.92 Å². The van der Waals surface area contributed by atoms with Crippen LogP contribution >= 0.6 is 0 Å². The molecular weight excluding hydrogens is 340 g/mol. The molecule has 142 valence electrons. The molecule has 0 bridgehead atoms. The number of rotatable bonds is 6. The molecule has 2 N–H and O–H groups in total.